The summed E-state index contributed by atoms with van der Waals surface area (Å²) in [5, 5.41) is 7.38. The molecule has 2 heterocycles. The van der Waals surface area contributed by atoms with Crippen LogP contribution >= 0.6 is 0 Å². The molecule has 7 nitrogen and oxygen atoms in total. The first-order valence-electron chi connectivity index (χ1n) is 9.62. The fourth-order valence-corrected chi connectivity index (χ4v) is 3.56. The van der Waals surface area contributed by atoms with Gasteiger partial charge in [-0.2, -0.15) is 5.10 Å². The van der Waals surface area contributed by atoms with E-state index in [0.717, 1.165) is 30.7 Å². The fraction of sp³-hybridized carbons (Fsp3) is 0.500. The quantitative estimate of drug-likeness (QED) is 0.861. The van der Waals surface area contributed by atoms with Crippen molar-refractivity contribution in [2.75, 3.05) is 13.1 Å². The summed E-state index contributed by atoms with van der Waals surface area (Å²) in [4.78, 5) is 32.0. The highest BCUT2D eigenvalue weighted by molar-refractivity contribution is 5.88. The monoisotopic (exact) mass is 367 g/mol. The molecule has 2 amide bonds. The molecule has 1 N–H and O–H groups in total. The van der Waals surface area contributed by atoms with Crippen LogP contribution in [0.1, 0.15) is 42.4 Å². The zero-order chi connectivity index (χ0) is 18.8. The number of hydrogen-bond donors (Lipinski definition) is 1. The molecule has 1 atom stereocenters. The summed E-state index contributed by atoms with van der Waals surface area (Å²) >= 11 is 0. The van der Waals surface area contributed by atoms with Crippen molar-refractivity contribution in [3.8, 4) is 0 Å². The van der Waals surface area contributed by atoms with Crippen LogP contribution in [0.2, 0.25) is 0 Å². The minimum atomic E-state index is -0.487. The molecule has 4 rings (SSSR count). The zero-order valence-electron chi connectivity index (χ0n) is 15.6. The van der Waals surface area contributed by atoms with Crippen molar-refractivity contribution in [2.45, 2.75) is 44.1 Å². The molecule has 1 saturated heterocycles. The van der Waals surface area contributed by atoms with E-state index >= 15 is 0 Å². The van der Waals surface area contributed by atoms with Crippen LogP contribution in [-0.4, -0.2) is 50.6 Å². The van der Waals surface area contributed by atoms with Crippen molar-refractivity contribution in [1.82, 2.24) is 25.0 Å². The van der Waals surface area contributed by atoms with Gasteiger partial charge in [-0.05, 0) is 24.8 Å². The Morgan fingerprint density at radius 2 is 2.04 bits per heavy atom. The van der Waals surface area contributed by atoms with Crippen molar-refractivity contribution >= 4 is 11.8 Å². The van der Waals surface area contributed by atoms with Crippen molar-refractivity contribution < 1.29 is 9.59 Å². The van der Waals surface area contributed by atoms with E-state index in [0.29, 0.717) is 31.3 Å². The lowest BCUT2D eigenvalue weighted by atomic mass is 10.0. The third kappa shape index (κ3) is 4.02. The van der Waals surface area contributed by atoms with Gasteiger partial charge >= 0.3 is 0 Å². The first-order valence-corrected chi connectivity index (χ1v) is 9.62. The summed E-state index contributed by atoms with van der Waals surface area (Å²) in [6.45, 7) is 1.17. The average molecular weight is 367 g/mol. The third-order valence-electron chi connectivity index (χ3n) is 5.27. The number of aryl methyl sites for hydroxylation is 1. The van der Waals surface area contributed by atoms with Crippen LogP contribution in [0.5, 0.6) is 0 Å². The third-order valence-corrected chi connectivity index (χ3v) is 5.27. The van der Waals surface area contributed by atoms with Crippen LogP contribution < -0.4 is 5.32 Å². The molecule has 0 spiro atoms. The minimum absolute atomic E-state index is 0.0640. The van der Waals surface area contributed by atoms with E-state index in [4.69, 9.17) is 0 Å². The minimum Gasteiger partial charge on any atom is -0.354 e. The van der Waals surface area contributed by atoms with Crippen LogP contribution in [0.25, 0.3) is 0 Å². The Bertz CT molecular complexity index is 828. The molecule has 1 saturated carbocycles. The number of aromatic nitrogens is 3. The van der Waals surface area contributed by atoms with Crippen molar-refractivity contribution in [1.29, 1.82) is 0 Å². The van der Waals surface area contributed by atoms with Crippen molar-refractivity contribution in [3.05, 3.63) is 47.5 Å². The smallest absolute Gasteiger partial charge is 0.243 e. The van der Waals surface area contributed by atoms with Crippen LogP contribution in [0.3, 0.4) is 0 Å². The molecule has 7 heteroatoms. The SMILES string of the molecule is Cn1nc(C2CC2)nc1CC(=O)N1CCCNC(=O)C1Cc1ccccc1. The molecule has 27 heavy (non-hydrogen) atoms. The largest absolute Gasteiger partial charge is 0.354 e. The highest BCUT2D eigenvalue weighted by Gasteiger charge is 2.33. The number of nitrogens with one attached hydrogen (secondary N) is 1. The van der Waals surface area contributed by atoms with Gasteiger partial charge in [-0.25, -0.2) is 4.98 Å². The average Bonchev–Trinajstić information content (AvgIpc) is 3.47. The molecule has 2 fully saturated rings. The van der Waals surface area contributed by atoms with E-state index < -0.39 is 6.04 Å². The van der Waals surface area contributed by atoms with Gasteiger partial charge in [0.15, 0.2) is 5.82 Å². The molecule has 0 radical (unpaired) electrons. The maximum atomic E-state index is 13.1. The fourth-order valence-electron chi connectivity index (χ4n) is 3.56. The Morgan fingerprint density at radius 1 is 1.26 bits per heavy atom. The summed E-state index contributed by atoms with van der Waals surface area (Å²) in [7, 11) is 1.83. The van der Waals surface area contributed by atoms with E-state index in [2.05, 4.69) is 15.4 Å². The van der Waals surface area contributed by atoms with Gasteiger partial charge < -0.3 is 10.2 Å². The van der Waals surface area contributed by atoms with E-state index in [1.54, 1.807) is 9.58 Å². The number of carbonyl (C=O) groups is 2. The summed E-state index contributed by atoms with van der Waals surface area (Å²) in [6, 6.07) is 9.35. The Balaban J connectivity index is 1.52. The Kier molecular flexibility index (Phi) is 4.92. The normalized spacial score (nSPS) is 20.3. The van der Waals surface area contributed by atoms with E-state index in [1.807, 2.05) is 37.4 Å². The first-order chi connectivity index (χ1) is 13.1. The lowest BCUT2D eigenvalue weighted by molar-refractivity contribution is -0.139. The molecule has 2 aromatic rings. The maximum absolute atomic E-state index is 13.1. The van der Waals surface area contributed by atoms with Gasteiger partial charge in [0.05, 0.1) is 6.42 Å². The molecule has 2 aliphatic rings. The molecule has 1 aromatic heterocycles. The van der Waals surface area contributed by atoms with Gasteiger partial charge in [0.25, 0.3) is 0 Å². The molecule has 1 aromatic carbocycles. The van der Waals surface area contributed by atoms with Gasteiger partial charge in [-0.3, -0.25) is 14.3 Å². The zero-order valence-corrected chi connectivity index (χ0v) is 15.6. The second-order valence-electron chi connectivity index (χ2n) is 7.40. The van der Waals surface area contributed by atoms with Crippen LogP contribution in [-0.2, 0) is 29.5 Å². The Labute approximate surface area is 158 Å². The van der Waals surface area contributed by atoms with E-state index in [-0.39, 0.29) is 18.2 Å². The lowest BCUT2D eigenvalue weighted by Gasteiger charge is -2.28. The van der Waals surface area contributed by atoms with Gasteiger partial charge in [-0.15, -0.1) is 0 Å². The molecule has 0 bridgehead atoms. The highest BCUT2D eigenvalue weighted by Crippen LogP contribution is 2.38. The first kappa shape index (κ1) is 17.7. The lowest BCUT2D eigenvalue weighted by Crippen LogP contribution is -2.49. The number of amides is 2. The number of carbonyl (C=O) groups excluding carboxylic acids is 2. The van der Waals surface area contributed by atoms with E-state index in [9.17, 15) is 9.59 Å². The second-order valence-corrected chi connectivity index (χ2v) is 7.40. The Hall–Kier alpha value is -2.70. The highest BCUT2D eigenvalue weighted by atomic mass is 16.2. The molecular weight excluding hydrogens is 342 g/mol. The maximum Gasteiger partial charge on any atom is 0.243 e. The summed E-state index contributed by atoms with van der Waals surface area (Å²) in [5.74, 6) is 1.82. The number of nitrogens with zero attached hydrogens (tertiary/aromatic N) is 4. The van der Waals surface area contributed by atoms with Crippen molar-refractivity contribution in [2.24, 2.45) is 7.05 Å². The molecule has 1 aliphatic carbocycles. The van der Waals surface area contributed by atoms with Crippen LogP contribution in [0.15, 0.2) is 30.3 Å². The van der Waals surface area contributed by atoms with Crippen molar-refractivity contribution in [3.63, 3.8) is 0 Å². The summed E-state index contributed by atoms with van der Waals surface area (Å²) < 4.78 is 1.70. The van der Waals surface area contributed by atoms with Crippen LogP contribution in [0, 0.1) is 0 Å². The standard InChI is InChI=1S/C20H25N5O2/c1-24-17(22-19(23-24)15-8-9-15)13-18(26)25-11-5-10-21-20(27)16(25)12-14-6-3-2-4-7-14/h2-4,6-7,15-16H,5,8-13H2,1H3,(H,21,27). The summed E-state index contributed by atoms with van der Waals surface area (Å²) in [5.41, 5.74) is 1.05. The molecule has 142 valence electrons. The predicted molar refractivity (Wildman–Crippen MR) is 100.0 cm³/mol. The predicted octanol–water partition coefficient (Wildman–Crippen LogP) is 1.19. The van der Waals surface area contributed by atoms with Gasteiger partial charge in [-0.1, -0.05) is 30.3 Å². The summed E-state index contributed by atoms with van der Waals surface area (Å²) in [6.07, 6.45) is 3.71. The second kappa shape index (κ2) is 7.50. The topological polar surface area (TPSA) is 80.1 Å². The van der Waals surface area contributed by atoms with Gasteiger partial charge in [0.1, 0.15) is 11.9 Å². The van der Waals surface area contributed by atoms with Gasteiger partial charge in [0.2, 0.25) is 11.8 Å². The Morgan fingerprint density at radius 3 is 2.78 bits per heavy atom. The van der Waals surface area contributed by atoms with Gasteiger partial charge in [0, 0.05) is 32.5 Å². The van der Waals surface area contributed by atoms with Crippen LogP contribution in [0.4, 0.5) is 0 Å². The molecular formula is C20H25N5O2. The molecule has 1 unspecified atom stereocenters. The number of hydrogen-bond acceptors (Lipinski definition) is 4. The number of rotatable bonds is 5. The number of benzene rings is 1. The van der Waals surface area contributed by atoms with E-state index in [1.165, 1.54) is 0 Å². The molecule has 1 aliphatic heterocycles.